The van der Waals surface area contributed by atoms with E-state index in [1.165, 1.54) is 0 Å². The molecule has 6 nitrogen and oxygen atoms in total. The van der Waals surface area contributed by atoms with Crippen molar-refractivity contribution in [3.05, 3.63) is 62.3 Å². The molecule has 10 heteroatoms. The van der Waals surface area contributed by atoms with E-state index >= 15 is 0 Å². The smallest absolute Gasteiger partial charge is 0.263 e. The molecule has 4 heterocycles. The molecule has 1 fully saturated rings. The van der Waals surface area contributed by atoms with Crippen molar-refractivity contribution in [2.75, 3.05) is 20.1 Å². The number of aryl methyl sites for hydroxylation is 1. The molecule has 0 saturated carbocycles. The highest BCUT2D eigenvalue weighted by molar-refractivity contribution is 7.20. The predicted molar refractivity (Wildman–Crippen MR) is 132 cm³/mol. The summed E-state index contributed by atoms with van der Waals surface area (Å²) in [6.07, 6.45) is 3.63. The van der Waals surface area contributed by atoms with E-state index in [1.807, 2.05) is 42.1 Å². The lowest BCUT2D eigenvalue weighted by Gasteiger charge is -2.26. The van der Waals surface area contributed by atoms with E-state index < -0.39 is 0 Å². The zero-order valence-corrected chi connectivity index (χ0v) is 20.6. The number of thiophene rings is 1. The standard InChI is InChI=1S/C21H24N4O2S2.2ClH/c1-14-7-10-25(16-5-8-22-9-6-16)21(27)18(14)20(26)24(2)12-15-13-29-19(23-15)17-4-3-11-28-17;;/h3-4,7,10-11,13,16,22H,5-6,8-9,12H2,1-2H3;2*1H. The molecule has 0 aliphatic carbocycles. The van der Waals surface area contributed by atoms with Gasteiger partial charge in [0.15, 0.2) is 0 Å². The van der Waals surface area contributed by atoms with Crippen LogP contribution in [-0.4, -0.2) is 40.5 Å². The summed E-state index contributed by atoms with van der Waals surface area (Å²) in [4.78, 5) is 33.6. The number of pyridine rings is 1. The first kappa shape index (κ1) is 25.5. The van der Waals surface area contributed by atoms with Crippen molar-refractivity contribution in [3.63, 3.8) is 0 Å². The Kier molecular flexibility index (Phi) is 9.27. The Bertz CT molecular complexity index is 1060. The first-order valence-electron chi connectivity index (χ1n) is 9.71. The van der Waals surface area contributed by atoms with Gasteiger partial charge >= 0.3 is 0 Å². The van der Waals surface area contributed by atoms with Crippen molar-refractivity contribution in [2.24, 2.45) is 0 Å². The van der Waals surface area contributed by atoms with Gasteiger partial charge in [0.2, 0.25) is 0 Å². The molecule has 0 bridgehead atoms. The SMILES string of the molecule is Cc1ccn(C2CCNCC2)c(=O)c1C(=O)N(C)Cc1csc(-c2cccs2)n1.Cl.Cl. The van der Waals surface area contributed by atoms with Gasteiger partial charge in [-0.25, -0.2) is 4.98 Å². The molecular formula is C21H26Cl2N4O2S2. The van der Waals surface area contributed by atoms with Crippen molar-refractivity contribution in [1.82, 2.24) is 19.8 Å². The second-order valence-corrected chi connectivity index (χ2v) is 9.16. The van der Waals surface area contributed by atoms with Crippen LogP contribution < -0.4 is 10.9 Å². The number of carbonyl (C=O) groups is 1. The van der Waals surface area contributed by atoms with E-state index in [0.29, 0.717) is 6.54 Å². The Morgan fingerprint density at radius 3 is 2.68 bits per heavy atom. The highest BCUT2D eigenvalue weighted by Gasteiger charge is 2.23. The number of thiazole rings is 1. The Morgan fingerprint density at radius 2 is 2.00 bits per heavy atom. The minimum absolute atomic E-state index is 0. The number of halogens is 2. The largest absolute Gasteiger partial charge is 0.336 e. The molecule has 1 aliphatic rings. The number of rotatable bonds is 5. The summed E-state index contributed by atoms with van der Waals surface area (Å²) < 4.78 is 1.74. The van der Waals surface area contributed by atoms with Crippen LogP contribution in [0.15, 0.2) is 40.0 Å². The Balaban J connectivity index is 0.00000171. The molecule has 0 spiro atoms. The van der Waals surface area contributed by atoms with Crippen molar-refractivity contribution in [1.29, 1.82) is 0 Å². The van der Waals surface area contributed by atoms with Gasteiger partial charge in [-0.3, -0.25) is 9.59 Å². The third-order valence-electron chi connectivity index (χ3n) is 5.27. The van der Waals surface area contributed by atoms with Crippen LogP contribution in [0.1, 0.15) is 40.5 Å². The fraction of sp³-hybridized carbons (Fsp3) is 0.381. The molecule has 1 aliphatic heterocycles. The van der Waals surface area contributed by atoms with Crippen LogP contribution in [0.3, 0.4) is 0 Å². The molecule has 4 rings (SSSR count). The molecule has 3 aromatic rings. The number of hydrogen-bond acceptors (Lipinski definition) is 6. The first-order valence-corrected chi connectivity index (χ1v) is 11.5. The molecule has 31 heavy (non-hydrogen) atoms. The molecule has 3 aromatic heterocycles. The van der Waals surface area contributed by atoms with Crippen LogP contribution in [0.25, 0.3) is 9.88 Å². The van der Waals surface area contributed by atoms with Crippen LogP contribution in [0, 0.1) is 6.92 Å². The third kappa shape index (κ3) is 5.56. The highest BCUT2D eigenvalue weighted by Crippen LogP contribution is 2.28. The maximum absolute atomic E-state index is 13.1. The zero-order valence-electron chi connectivity index (χ0n) is 17.4. The molecule has 0 radical (unpaired) electrons. The van der Waals surface area contributed by atoms with E-state index in [4.69, 9.17) is 0 Å². The molecule has 168 valence electrons. The average Bonchev–Trinajstić information content (AvgIpc) is 3.40. The summed E-state index contributed by atoms with van der Waals surface area (Å²) in [6.45, 7) is 3.99. The second kappa shape index (κ2) is 11.2. The van der Waals surface area contributed by atoms with Crippen molar-refractivity contribution >= 4 is 53.4 Å². The van der Waals surface area contributed by atoms with Crippen molar-refractivity contribution in [3.8, 4) is 9.88 Å². The highest BCUT2D eigenvalue weighted by atomic mass is 35.5. The summed E-state index contributed by atoms with van der Waals surface area (Å²) in [5, 5.41) is 8.27. The lowest BCUT2D eigenvalue weighted by atomic mass is 10.0. The maximum Gasteiger partial charge on any atom is 0.263 e. The minimum atomic E-state index is -0.249. The van der Waals surface area contributed by atoms with Crippen LogP contribution >= 0.6 is 47.5 Å². The predicted octanol–water partition coefficient (Wildman–Crippen LogP) is 4.38. The Labute approximate surface area is 202 Å². The number of nitrogens with zero attached hydrogens (tertiary/aromatic N) is 3. The maximum atomic E-state index is 13.1. The normalized spacial score (nSPS) is 13.9. The van der Waals surface area contributed by atoms with Gasteiger partial charge in [0, 0.05) is 24.7 Å². The van der Waals surface area contributed by atoms with E-state index in [2.05, 4.69) is 10.3 Å². The monoisotopic (exact) mass is 500 g/mol. The van der Waals surface area contributed by atoms with Crippen LogP contribution in [0.2, 0.25) is 0 Å². The lowest BCUT2D eigenvalue weighted by molar-refractivity contribution is 0.0780. The van der Waals surface area contributed by atoms with Crippen LogP contribution in [-0.2, 0) is 6.54 Å². The van der Waals surface area contributed by atoms with Crippen molar-refractivity contribution < 1.29 is 4.79 Å². The van der Waals surface area contributed by atoms with Gasteiger partial charge < -0.3 is 14.8 Å². The summed E-state index contributed by atoms with van der Waals surface area (Å²) >= 11 is 3.22. The zero-order chi connectivity index (χ0) is 20.4. The number of hydrogen-bond donors (Lipinski definition) is 1. The number of amides is 1. The quantitative estimate of drug-likeness (QED) is 0.564. The molecule has 1 amide bonds. The summed E-state index contributed by atoms with van der Waals surface area (Å²) in [6, 6.07) is 6.07. The molecule has 1 N–H and O–H groups in total. The van der Waals surface area contributed by atoms with E-state index in [-0.39, 0.29) is 47.9 Å². The Morgan fingerprint density at radius 1 is 1.26 bits per heavy atom. The fourth-order valence-corrected chi connectivity index (χ4v) is 5.30. The number of nitrogens with one attached hydrogen (secondary N) is 1. The molecule has 0 unspecified atom stereocenters. The van der Waals surface area contributed by atoms with E-state index in [0.717, 1.165) is 47.1 Å². The number of piperidine rings is 1. The fourth-order valence-electron chi connectivity index (χ4n) is 3.67. The number of aromatic nitrogens is 2. The van der Waals surface area contributed by atoms with Gasteiger partial charge in [0.05, 0.1) is 17.1 Å². The second-order valence-electron chi connectivity index (χ2n) is 7.35. The summed E-state index contributed by atoms with van der Waals surface area (Å²) in [5.74, 6) is -0.249. The van der Waals surface area contributed by atoms with Gasteiger partial charge in [-0.1, -0.05) is 6.07 Å². The van der Waals surface area contributed by atoms with Gasteiger partial charge in [0.25, 0.3) is 11.5 Å². The molecule has 0 aromatic carbocycles. The third-order valence-corrected chi connectivity index (χ3v) is 7.20. The lowest BCUT2D eigenvalue weighted by Crippen LogP contribution is -2.39. The topological polar surface area (TPSA) is 67.2 Å². The first-order chi connectivity index (χ1) is 14.0. The van der Waals surface area contributed by atoms with Gasteiger partial charge in [-0.15, -0.1) is 47.5 Å². The van der Waals surface area contributed by atoms with Gasteiger partial charge in [0.1, 0.15) is 10.6 Å². The summed E-state index contributed by atoms with van der Waals surface area (Å²) in [5.41, 5.74) is 1.63. The van der Waals surface area contributed by atoms with Crippen LogP contribution in [0.5, 0.6) is 0 Å². The van der Waals surface area contributed by atoms with Gasteiger partial charge in [-0.2, -0.15) is 0 Å². The van der Waals surface area contributed by atoms with Gasteiger partial charge in [-0.05, 0) is 55.9 Å². The molecule has 1 saturated heterocycles. The molecule has 0 atom stereocenters. The average molecular weight is 502 g/mol. The van der Waals surface area contributed by atoms with E-state index in [1.54, 1.807) is 39.2 Å². The minimum Gasteiger partial charge on any atom is -0.336 e. The molecular weight excluding hydrogens is 475 g/mol. The Hall–Kier alpha value is -1.71. The summed E-state index contributed by atoms with van der Waals surface area (Å²) in [7, 11) is 1.73. The number of carbonyl (C=O) groups excluding carboxylic acids is 1. The van der Waals surface area contributed by atoms with E-state index in [9.17, 15) is 9.59 Å². The van der Waals surface area contributed by atoms with Crippen LogP contribution in [0.4, 0.5) is 0 Å². The van der Waals surface area contributed by atoms with Crippen molar-refractivity contribution in [2.45, 2.75) is 32.4 Å².